The molecule has 2 aromatic rings. The van der Waals surface area contributed by atoms with Gasteiger partial charge in [0.25, 0.3) is 0 Å². The highest BCUT2D eigenvalue weighted by Gasteiger charge is 2.06. The van der Waals surface area contributed by atoms with Gasteiger partial charge in [0, 0.05) is 10.9 Å². The van der Waals surface area contributed by atoms with Crippen LogP contribution in [0.1, 0.15) is 22.9 Å². The lowest BCUT2D eigenvalue weighted by Crippen LogP contribution is -1.87. The van der Waals surface area contributed by atoms with Crippen LogP contribution in [0, 0.1) is 13.8 Å². The average molecular weight is 266 g/mol. The molecule has 0 saturated carbocycles. The number of aromatic nitrogens is 1. The summed E-state index contributed by atoms with van der Waals surface area (Å²) in [6.07, 6.45) is 0.744. The molecule has 0 spiro atoms. The molecule has 0 aliphatic rings. The van der Waals surface area contributed by atoms with Crippen LogP contribution in [0.25, 0.3) is 0 Å². The molecule has 15 heavy (non-hydrogen) atoms. The second-order valence-electron chi connectivity index (χ2n) is 3.56. The zero-order chi connectivity index (χ0) is 10.8. The minimum Gasteiger partial charge on any atom is -0.445 e. The van der Waals surface area contributed by atoms with E-state index < -0.39 is 0 Å². The van der Waals surface area contributed by atoms with Crippen LogP contribution in [0.3, 0.4) is 0 Å². The highest BCUT2D eigenvalue weighted by atomic mass is 79.9. The molecule has 0 amide bonds. The van der Waals surface area contributed by atoms with E-state index in [1.54, 1.807) is 0 Å². The summed E-state index contributed by atoms with van der Waals surface area (Å²) in [5, 5.41) is 0. The number of oxazole rings is 1. The maximum Gasteiger partial charge on any atom is 0.199 e. The van der Waals surface area contributed by atoms with Crippen molar-refractivity contribution in [1.29, 1.82) is 0 Å². The van der Waals surface area contributed by atoms with Crippen LogP contribution in [0.2, 0.25) is 0 Å². The highest BCUT2D eigenvalue weighted by molar-refractivity contribution is 9.10. The van der Waals surface area contributed by atoms with Gasteiger partial charge < -0.3 is 4.42 Å². The van der Waals surface area contributed by atoms with Crippen LogP contribution in [0.4, 0.5) is 0 Å². The molecular weight excluding hydrogens is 254 g/mol. The third-order valence-electron chi connectivity index (χ3n) is 2.32. The lowest BCUT2D eigenvalue weighted by molar-refractivity contribution is 0.481. The second kappa shape index (κ2) is 4.19. The predicted octanol–water partition coefficient (Wildman–Crippen LogP) is 3.64. The maximum absolute atomic E-state index is 5.53. The van der Waals surface area contributed by atoms with Crippen molar-refractivity contribution in [3.63, 3.8) is 0 Å². The average Bonchev–Trinajstić information content (AvgIpc) is 2.45. The maximum atomic E-state index is 5.53. The summed E-state index contributed by atoms with van der Waals surface area (Å²) < 4.78 is 6.61. The first kappa shape index (κ1) is 10.4. The first-order valence-electron chi connectivity index (χ1n) is 4.82. The molecule has 0 saturated heterocycles. The predicted molar refractivity (Wildman–Crippen MR) is 62.9 cm³/mol. The number of benzene rings is 1. The van der Waals surface area contributed by atoms with Crippen molar-refractivity contribution < 1.29 is 4.42 Å². The molecule has 0 aliphatic carbocycles. The number of aryl methyl sites for hydroxylation is 2. The van der Waals surface area contributed by atoms with E-state index in [0.717, 1.165) is 28.2 Å². The van der Waals surface area contributed by atoms with Gasteiger partial charge in [-0.25, -0.2) is 4.98 Å². The Labute approximate surface area is 97.5 Å². The largest absolute Gasteiger partial charge is 0.445 e. The third-order valence-corrected chi connectivity index (χ3v) is 2.81. The fourth-order valence-electron chi connectivity index (χ4n) is 1.44. The Morgan fingerprint density at radius 1 is 1.33 bits per heavy atom. The van der Waals surface area contributed by atoms with Crippen molar-refractivity contribution in [2.24, 2.45) is 0 Å². The minimum absolute atomic E-state index is 0.744. The van der Waals surface area contributed by atoms with E-state index >= 15 is 0 Å². The molecule has 0 fully saturated rings. The van der Waals surface area contributed by atoms with Crippen molar-refractivity contribution in [3.8, 4) is 0 Å². The molecule has 1 aromatic carbocycles. The Bertz CT molecular complexity index is 457. The van der Waals surface area contributed by atoms with Crippen LogP contribution in [0.5, 0.6) is 0 Å². The van der Waals surface area contributed by atoms with Crippen molar-refractivity contribution in [1.82, 2.24) is 4.98 Å². The van der Waals surface area contributed by atoms with Gasteiger partial charge in [-0.15, -0.1) is 0 Å². The molecule has 0 N–H and O–H groups in total. The number of nitrogens with zero attached hydrogens (tertiary/aromatic N) is 1. The van der Waals surface area contributed by atoms with Gasteiger partial charge in [0.15, 0.2) is 5.89 Å². The topological polar surface area (TPSA) is 26.0 Å². The number of halogens is 1. The number of rotatable bonds is 2. The van der Waals surface area contributed by atoms with Crippen molar-refractivity contribution in [2.75, 3.05) is 0 Å². The summed E-state index contributed by atoms with van der Waals surface area (Å²) in [5.41, 5.74) is 2.17. The molecule has 2 nitrogen and oxygen atoms in total. The molecule has 78 valence electrons. The first-order valence-corrected chi connectivity index (χ1v) is 5.62. The molecule has 0 radical (unpaired) electrons. The third kappa shape index (κ3) is 2.48. The van der Waals surface area contributed by atoms with E-state index in [2.05, 4.69) is 33.0 Å². The first-order chi connectivity index (χ1) is 7.15. The summed E-state index contributed by atoms with van der Waals surface area (Å²) in [6, 6.07) is 8.17. The van der Waals surface area contributed by atoms with Gasteiger partial charge in [0.05, 0.1) is 5.69 Å². The molecule has 0 bridgehead atoms. The molecule has 1 aromatic heterocycles. The molecule has 1 heterocycles. The van der Waals surface area contributed by atoms with Gasteiger partial charge in [-0.1, -0.05) is 28.1 Å². The van der Waals surface area contributed by atoms with Gasteiger partial charge in [-0.05, 0) is 31.5 Å². The van der Waals surface area contributed by atoms with E-state index in [1.807, 2.05) is 26.0 Å². The van der Waals surface area contributed by atoms with Gasteiger partial charge in [-0.3, -0.25) is 0 Å². The van der Waals surface area contributed by atoms with Crippen LogP contribution in [-0.2, 0) is 6.42 Å². The van der Waals surface area contributed by atoms with E-state index in [9.17, 15) is 0 Å². The number of hydrogen-bond acceptors (Lipinski definition) is 2. The normalized spacial score (nSPS) is 10.6. The second-order valence-corrected chi connectivity index (χ2v) is 4.47. The van der Waals surface area contributed by atoms with E-state index in [-0.39, 0.29) is 0 Å². The zero-order valence-electron chi connectivity index (χ0n) is 8.75. The summed E-state index contributed by atoms with van der Waals surface area (Å²) in [5.74, 6) is 1.68. The minimum atomic E-state index is 0.744. The standard InChI is InChI=1S/C12H12BrNO/c1-8-9(2)15-12(14-8)7-10-4-3-5-11(13)6-10/h3-6H,7H2,1-2H3. The van der Waals surface area contributed by atoms with Crippen LogP contribution < -0.4 is 0 Å². The fraction of sp³-hybridized carbons (Fsp3) is 0.250. The highest BCUT2D eigenvalue weighted by Crippen LogP contribution is 2.16. The molecule has 0 atom stereocenters. The van der Waals surface area contributed by atoms with Crippen LogP contribution in [-0.4, -0.2) is 4.98 Å². The molecular formula is C12H12BrNO. The summed E-state index contributed by atoms with van der Waals surface area (Å²) in [6.45, 7) is 3.90. The summed E-state index contributed by atoms with van der Waals surface area (Å²) in [7, 11) is 0. The Balaban J connectivity index is 2.22. The van der Waals surface area contributed by atoms with E-state index in [0.29, 0.717) is 0 Å². The SMILES string of the molecule is Cc1nc(Cc2cccc(Br)c2)oc1C. The molecule has 0 aliphatic heterocycles. The Kier molecular flexibility index (Phi) is 2.91. The lowest BCUT2D eigenvalue weighted by Gasteiger charge is -1.97. The van der Waals surface area contributed by atoms with Crippen molar-refractivity contribution in [2.45, 2.75) is 20.3 Å². The quantitative estimate of drug-likeness (QED) is 0.829. The lowest BCUT2D eigenvalue weighted by atomic mass is 10.1. The van der Waals surface area contributed by atoms with Gasteiger partial charge >= 0.3 is 0 Å². The van der Waals surface area contributed by atoms with Crippen molar-refractivity contribution >= 4 is 15.9 Å². The molecule has 2 rings (SSSR count). The molecule has 0 unspecified atom stereocenters. The summed E-state index contributed by atoms with van der Waals surface area (Å²) in [4.78, 5) is 4.35. The molecule has 3 heteroatoms. The van der Waals surface area contributed by atoms with Crippen LogP contribution in [0.15, 0.2) is 33.2 Å². The van der Waals surface area contributed by atoms with Gasteiger partial charge in [0.2, 0.25) is 0 Å². The smallest absolute Gasteiger partial charge is 0.199 e. The monoisotopic (exact) mass is 265 g/mol. The number of hydrogen-bond donors (Lipinski definition) is 0. The summed E-state index contributed by atoms with van der Waals surface area (Å²) >= 11 is 3.44. The fourth-order valence-corrected chi connectivity index (χ4v) is 1.88. The van der Waals surface area contributed by atoms with E-state index in [1.165, 1.54) is 5.56 Å². The van der Waals surface area contributed by atoms with E-state index in [4.69, 9.17) is 4.42 Å². The Morgan fingerprint density at radius 2 is 2.13 bits per heavy atom. The van der Waals surface area contributed by atoms with Crippen molar-refractivity contribution in [3.05, 3.63) is 51.6 Å². The zero-order valence-corrected chi connectivity index (χ0v) is 10.3. The van der Waals surface area contributed by atoms with Gasteiger partial charge in [0.1, 0.15) is 5.76 Å². The van der Waals surface area contributed by atoms with Gasteiger partial charge in [-0.2, -0.15) is 0 Å². The van der Waals surface area contributed by atoms with Crippen LogP contribution >= 0.6 is 15.9 Å². The Morgan fingerprint density at radius 3 is 2.73 bits per heavy atom. The Hall–Kier alpha value is -1.09.